The lowest BCUT2D eigenvalue weighted by Gasteiger charge is -2.40. The van der Waals surface area contributed by atoms with Crippen LogP contribution < -0.4 is 0 Å². The van der Waals surface area contributed by atoms with Crippen molar-refractivity contribution < 1.29 is 18.7 Å². The van der Waals surface area contributed by atoms with Crippen molar-refractivity contribution in [2.75, 3.05) is 26.3 Å². The summed E-state index contributed by atoms with van der Waals surface area (Å²) in [5.41, 5.74) is 1.30. The van der Waals surface area contributed by atoms with Crippen molar-refractivity contribution in [2.45, 2.75) is 38.4 Å². The lowest BCUT2D eigenvalue weighted by atomic mass is 9.94. The Kier molecular flexibility index (Phi) is 5.36. The van der Waals surface area contributed by atoms with Crippen molar-refractivity contribution in [1.82, 2.24) is 19.6 Å². The van der Waals surface area contributed by atoms with Crippen LogP contribution in [0.1, 0.15) is 24.0 Å². The minimum absolute atomic E-state index is 0.00920. The summed E-state index contributed by atoms with van der Waals surface area (Å²) in [6.45, 7) is 4.20. The quantitative estimate of drug-likeness (QED) is 0.784. The molecule has 2 fully saturated rings. The van der Waals surface area contributed by atoms with Gasteiger partial charge in [0.2, 0.25) is 11.8 Å². The number of aromatic nitrogens is 2. The van der Waals surface area contributed by atoms with E-state index < -0.39 is 5.54 Å². The molecule has 2 aromatic rings. The van der Waals surface area contributed by atoms with Crippen molar-refractivity contribution in [2.24, 2.45) is 0 Å². The molecule has 0 aliphatic carbocycles. The van der Waals surface area contributed by atoms with Crippen LogP contribution >= 0.6 is 0 Å². The molecule has 0 saturated carbocycles. The number of carbonyl (C=O) groups is 2. The Hall–Kier alpha value is -2.74. The molecule has 2 aliphatic heterocycles. The summed E-state index contributed by atoms with van der Waals surface area (Å²) in [7, 11) is 0. The fourth-order valence-corrected chi connectivity index (χ4v) is 4.12. The molecule has 3 heterocycles. The summed E-state index contributed by atoms with van der Waals surface area (Å²) in [5.74, 6) is -0.374. The summed E-state index contributed by atoms with van der Waals surface area (Å²) in [6.07, 6.45) is 4.48. The SMILES string of the molecule is Cc1cnn(CC(=O)N2CCC(=O)N(Cc3ccc(F)cc3)C3(CCOC3)C2)c1. The van der Waals surface area contributed by atoms with Gasteiger partial charge in [-0.2, -0.15) is 5.10 Å². The highest BCUT2D eigenvalue weighted by Gasteiger charge is 2.47. The second-order valence-electron chi connectivity index (χ2n) is 7.91. The van der Waals surface area contributed by atoms with Gasteiger partial charge in [-0.1, -0.05) is 12.1 Å². The Morgan fingerprint density at radius 3 is 2.76 bits per heavy atom. The van der Waals surface area contributed by atoms with E-state index in [2.05, 4.69) is 5.10 Å². The van der Waals surface area contributed by atoms with Crippen LogP contribution in [0.5, 0.6) is 0 Å². The number of aryl methyl sites for hydroxylation is 1. The van der Waals surface area contributed by atoms with E-state index in [0.717, 1.165) is 11.1 Å². The molecule has 1 unspecified atom stereocenters. The van der Waals surface area contributed by atoms with Gasteiger partial charge in [0.25, 0.3) is 0 Å². The number of nitrogens with zero attached hydrogens (tertiary/aromatic N) is 4. The van der Waals surface area contributed by atoms with Gasteiger partial charge in [-0.25, -0.2) is 4.39 Å². The van der Waals surface area contributed by atoms with Gasteiger partial charge in [0.1, 0.15) is 12.4 Å². The maximum Gasteiger partial charge on any atom is 0.244 e. The van der Waals surface area contributed by atoms with E-state index in [1.54, 1.807) is 27.9 Å². The summed E-state index contributed by atoms with van der Waals surface area (Å²) < 4.78 is 20.6. The second-order valence-corrected chi connectivity index (χ2v) is 7.91. The van der Waals surface area contributed by atoms with Crippen molar-refractivity contribution in [3.8, 4) is 0 Å². The van der Waals surface area contributed by atoms with Crippen LogP contribution in [-0.2, 0) is 27.4 Å². The first kappa shape index (κ1) is 19.6. The molecule has 1 atom stereocenters. The molecule has 0 bridgehead atoms. The zero-order valence-electron chi connectivity index (χ0n) is 16.5. The van der Waals surface area contributed by atoms with Crippen molar-refractivity contribution in [3.63, 3.8) is 0 Å². The number of amides is 2. The van der Waals surface area contributed by atoms with Crippen LogP contribution in [-0.4, -0.2) is 63.2 Å². The van der Waals surface area contributed by atoms with E-state index in [1.807, 2.05) is 18.0 Å². The summed E-state index contributed by atoms with van der Waals surface area (Å²) in [4.78, 5) is 29.5. The molecule has 1 aromatic heterocycles. The topological polar surface area (TPSA) is 67.7 Å². The summed E-state index contributed by atoms with van der Waals surface area (Å²) >= 11 is 0. The third kappa shape index (κ3) is 4.17. The van der Waals surface area contributed by atoms with Gasteiger partial charge >= 0.3 is 0 Å². The van der Waals surface area contributed by atoms with Crippen LogP contribution in [0.4, 0.5) is 4.39 Å². The molecule has 8 heteroatoms. The Morgan fingerprint density at radius 2 is 2.10 bits per heavy atom. The van der Waals surface area contributed by atoms with Crippen molar-refractivity contribution >= 4 is 11.8 Å². The van der Waals surface area contributed by atoms with E-state index in [0.29, 0.717) is 39.3 Å². The average Bonchev–Trinajstić information content (AvgIpc) is 3.30. The molecule has 1 spiro atoms. The monoisotopic (exact) mass is 400 g/mol. The predicted molar refractivity (Wildman–Crippen MR) is 103 cm³/mol. The standard InChI is InChI=1S/C21H25FN4O3/c1-16-10-23-25(11-16)13-20(28)24-8-6-19(27)26(21(14-24)7-9-29-15-21)12-17-2-4-18(22)5-3-17/h2-5,10-11H,6-9,12-15H2,1H3. The molecule has 29 heavy (non-hydrogen) atoms. The number of rotatable bonds is 4. The third-order valence-corrected chi connectivity index (χ3v) is 5.70. The normalized spacial score (nSPS) is 22.3. The van der Waals surface area contributed by atoms with Crippen LogP contribution in [0.2, 0.25) is 0 Å². The van der Waals surface area contributed by atoms with E-state index in [9.17, 15) is 14.0 Å². The third-order valence-electron chi connectivity index (χ3n) is 5.70. The zero-order chi connectivity index (χ0) is 20.4. The average molecular weight is 400 g/mol. The van der Waals surface area contributed by atoms with Crippen LogP contribution in [0.3, 0.4) is 0 Å². The minimum Gasteiger partial charge on any atom is -0.379 e. The van der Waals surface area contributed by atoms with Crippen LogP contribution in [0.25, 0.3) is 0 Å². The Balaban J connectivity index is 1.55. The zero-order valence-corrected chi connectivity index (χ0v) is 16.5. The molecule has 7 nitrogen and oxygen atoms in total. The van der Waals surface area contributed by atoms with E-state index in [1.165, 1.54) is 12.1 Å². The molecule has 2 aliphatic rings. The first-order valence-corrected chi connectivity index (χ1v) is 9.85. The largest absolute Gasteiger partial charge is 0.379 e. The van der Waals surface area contributed by atoms with Gasteiger partial charge in [-0.15, -0.1) is 0 Å². The lowest BCUT2D eigenvalue weighted by Crippen LogP contribution is -2.56. The maximum absolute atomic E-state index is 13.3. The van der Waals surface area contributed by atoms with Gasteiger partial charge in [0, 0.05) is 38.9 Å². The molecule has 2 saturated heterocycles. The second kappa shape index (κ2) is 7.94. The van der Waals surface area contributed by atoms with E-state index >= 15 is 0 Å². The van der Waals surface area contributed by atoms with E-state index in [4.69, 9.17) is 4.74 Å². The first-order valence-electron chi connectivity index (χ1n) is 9.85. The van der Waals surface area contributed by atoms with Crippen LogP contribution in [0, 0.1) is 12.7 Å². The lowest BCUT2D eigenvalue weighted by molar-refractivity contribution is -0.138. The first-order chi connectivity index (χ1) is 13.9. The van der Waals surface area contributed by atoms with E-state index in [-0.39, 0.29) is 30.6 Å². The van der Waals surface area contributed by atoms with Gasteiger partial charge < -0.3 is 14.5 Å². The number of halogens is 1. The molecule has 0 radical (unpaired) electrons. The Bertz CT molecular complexity index is 890. The molecule has 154 valence electrons. The minimum atomic E-state index is -0.558. The van der Waals surface area contributed by atoms with Crippen molar-refractivity contribution in [3.05, 3.63) is 53.6 Å². The smallest absolute Gasteiger partial charge is 0.244 e. The highest BCUT2D eigenvalue weighted by Crippen LogP contribution is 2.32. The number of ether oxygens (including phenoxy) is 1. The maximum atomic E-state index is 13.3. The molecule has 2 amide bonds. The van der Waals surface area contributed by atoms with Gasteiger partial charge in [0.05, 0.1) is 18.3 Å². The number of benzene rings is 1. The fourth-order valence-electron chi connectivity index (χ4n) is 4.12. The van der Waals surface area contributed by atoms with Gasteiger partial charge in [-0.05, 0) is 36.6 Å². The molecule has 4 rings (SSSR count). The highest BCUT2D eigenvalue weighted by atomic mass is 19.1. The highest BCUT2D eigenvalue weighted by molar-refractivity contribution is 5.81. The molecular weight excluding hydrogens is 375 g/mol. The number of hydrogen-bond donors (Lipinski definition) is 0. The fraction of sp³-hybridized carbons (Fsp3) is 0.476. The predicted octanol–water partition coefficient (Wildman–Crippen LogP) is 1.75. The summed E-state index contributed by atoms with van der Waals surface area (Å²) in [5, 5.41) is 4.19. The van der Waals surface area contributed by atoms with Crippen molar-refractivity contribution in [1.29, 1.82) is 0 Å². The molecule has 0 N–H and O–H groups in total. The number of hydrogen-bond acceptors (Lipinski definition) is 4. The number of carbonyl (C=O) groups excluding carboxylic acids is 2. The Morgan fingerprint density at radius 1 is 1.31 bits per heavy atom. The molecule has 1 aromatic carbocycles. The van der Waals surface area contributed by atoms with Gasteiger partial charge in [-0.3, -0.25) is 14.3 Å². The Labute approximate surface area is 169 Å². The van der Waals surface area contributed by atoms with Gasteiger partial charge in [0.15, 0.2) is 0 Å². The van der Waals surface area contributed by atoms with Crippen LogP contribution in [0.15, 0.2) is 36.7 Å². The summed E-state index contributed by atoms with van der Waals surface area (Å²) in [6, 6.07) is 6.19. The molecular formula is C21H25FN4O3.